The summed E-state index contributed by atoms with van der Waals surface area (Å²) in [7, 11) is 0. The summed E-state index contributed by atoms with van der Waals surface area (Å²) in [5, 5.41) is 10.7. The highest BCUT2D eigenvalue weighted by Gasteiger charge is 2.20. The number of halogens is 3. The molecule has 1 radical (unpaired) electrons. The summed E-state index contributed by atoms with van der Waals surface area (Å²) in [6.07, 6.45) is 0. The highest BCUT2D eigenvalue weighted by molar-refractivity contribution is 6.67. The number of rotatable bonds is 2. The van der Waals surface area contributed by atoms with Crippen molar-refractivity contribution in [2.75, 3.05) is 6.61 Å². The van der Waals surface area contributed by atoms with E-state index < -0.39 is 3.79 Å². The standard InChI is InChI=1S/C8H6Cl3O2/c9-8(10,11)5-13-7-3-1-6(12)2-4-7/h1-4H,5H2. The lowest BCUT2D eigenvalue weighted by Crippen LogP contribution is -2.15. The molecule has 0 spiro atoms. The fraction of sp³-hybridized carbons (Fsp3) is 0.250. The van der Waals surface area contributed by atoms with Crippen molar-refractivity contribution in [2.24, 2.45) is 0 Å². The topological polar surface area (TPSA) is 29.1 Å². The number of benzene rings is 1. The van der Waals surface area contributed by atoms with Crippen LogP contribution >= 0.6 is 34.8 Å². The Morgan fingerprint density at radius 3 is 2.15 bits per heavy atom. The van der Waals surface area contributed by atoms with Crippen LogP contribution in [0.5, 0.6) is 11.5 Å². The molecule has 0 unspecified atom stereocenters. The number of hydrogen-bond donors (Lipinski definition) is 0. The molecular formula is C8H6Cl3O2. The summed E-state index contributed by atoms with van der Waals surface area (Å²) in [5.41, 5.74) is 0. The van der Waals surface area contributed by atoms with Crippen molar-refractivity contribution in [2.45, 2.75) is 3.79 Å². The van der Waals surface area contributed by atoms with Gasteiger partial charge in [0.25, 0.3) is 0 Å². The Hall–Kier alpha value is -0.310. The summed E-state index contributed by atoms with van der Waals surface area (Å²) in [4.78, 5) is 0. The molecule has 1 aromatic carbocycles. The molecule has 0 fully saturated rings. The molecule has 0 N–H and O–H groups in total. The highest BCUT2D eigenvalue weighted by Crippen LogP contribution is 2.27. The Morgan fingerprint density at radius 2 is 1.69 bits per heavy atom. The molecule has 0 aliphatic heterocycles. The van der Waals surface area contributed by atoms with Gasteiger partial charge in [-0.3, -0.25) is 5.11 Å². The van der Waals surface area contributed by atoms with Crippen LogP contribution in [-0.4, -0.2) is 10.4 Å². The normalized spacial score (nSPS) is 11.3. The van der Waals surface area contributed by atoms with Crippen LogP contribution < -0.4 is 4.74 Å². The van der Waals surface area contributed by atoms with Gasteiger partial charge in [0.1, 0.15) is 12.4 Å². The molecule has 1 rings (SSSR count). The maximum atomic E-state index is 10.7. The van der Waals surface area contributed by atoms with E-state index in [0.29, 0.717) is 5.75 Å². The van der Waals surface area contributed by atoms with E-state index in [0.717, 1.165) is 0 Å². The molecule has 0 amide bonds. The fourth-order valence-corrected chi connectivity index (χ4v) is 0.865. The predicted octanol–water partition coefficient (Wildman–Crippen LogP) is 3.58. The first-order valence-corrected chi connectivity index (χ1v) is 4.57. The minimum absolute atomic E-state index is 0.0458. The van der Waals surface area contributed by atoms with Gasteiger partial charge in [0.15, 0.2) is 5.75 Å². The van der Waals surface area contributed by atoms with Gasteiger partial charge in [-0.1, -0.05) is 34.8 Å². The monoisotopic (exact) mass is 239 g/mol. The Kier molecular flexibility index (Phi) is 3.54. The summed E-state index contributed by atoms with van der Waals surface area (Å²) in [6.45, 7) is -0.0458. The molecule has 0 atom stereocenters. The van der Waals surface area contributed by atoms with Crippen molar-refractivity contribution < 1.29 is 9.84 Å². The Bertz CT molecular complexity index is 266. The van der Waals surface area contributed by atoms with E-state index in [2.05, 4.69) is 0 Å². The smallest absolute Gasteiger partial charge is 0.223 e. The van der Waals surface area contributed by atoms with Crippen molar-refractivity contribution in [1.82, 2.24) is 0 Å². The van der Waals surface area contributed by atoms with Crippen molar-refractivity contribution in [1.29, 1.82) is 0 Å². The van der Waals surface area contributed by atoms with E-state index >= 15 is 0 Å². The highest BCUT2D eigenvalue weighted by atomic mass is 35.6. The first-order valence-electron chi connectivity index (χ1n) is 3.44. The van der Waals surface area contributed by atoms with Crippen LogP contribution in [0, 0.1) is 0 Å². The van der Waals surface area contributed by atoms with E-state index in [9.17, 15) is 5.11 Å². The lowest BCUT2D eigenvalue weighted by molar-refractivity contribution is 0.322. The number of hydrogen-bond acceptors (Lipinski definition) is 1. The maximum Gasteiger partial charge on any atom is 0.223 e. The molecule has 0 saturated heterocycles. The van der Waals surface area contributed by atoms with Crippen LogP contribution in [0.2, 0.25) is 0 Å². The molecule has 1 aromatic rings. The maximum absolute atomic E-state index is 10.7. The van der Waals surface area contributed by atoms with Crippen molar-refractivity contribution >= 4 is 34.8 Å². The van der Waals surface area contributed by atoms with Gasteiger partial charge in [-0.15, -0.1) is 0 Å². The molecular weight excluding hydrogens is 234 g/mol. The first-order chi connectivity index (χ1) is 5.97. The molecule has 71 valence electrons. The van der Waals surface area contributed by atoms with Crippen LogP contribution in [0.4, 0.5) is 0 Å². The van der Waals surface area contributed by atoms with Gasteiger partial charge in [0, 0.05) is 0 Å². The lowest BCUT2D eigenvalue weighted by Gasteiger charge is -2.11. The van der Waals surface area contributed by atoms with Gasteiger partial charge in [-0.05, 0) is 24.3 Å². The van der Waals surface area contributed by atoms with Crippen LogP contribution in [0.25, 0.3) is 0 Å². The first kappa shape index (κ1) is 10.8. The van der Waals surface area contributed by atoms with Gasteiger partial charge < -0.3 is 4.74 Å². The second-order valence-electron chi connectivity index (χ2n) is 2.38. The minimum atomic E-state index is -1.43. The molecule has 0 aromatic heterocycles. The molecule has 2 nitrogen and oxygen atoms in total. The average molecular weight is 240 g/mol. The van der Waals surface area contributed by atoms with Crippen molar-refractivity contribution in [3.05, 3.63) is 24.3 Å². The molecule has 0 heterocycles. The van der Waals surface area contributed by atoms with Gasteiger partial charge in [-0.25, -0.2) is 0 Å². The molecule has 0 aliphatic carbocycles. The minimum Gasteiger partial charge on any atom is -0.489 e. The fourth-order valence-electron chi connectivity index (χ4n) is 0.701. The van der Waals surface area contributed by atoms with Crippen LogP contribution in [0.3, 0.4) is 0 Å². The number of ether oxygens (including phenoxy) is 1. The van der Waals surface area contributed by atoms with Crippen molar-refractivity contribution in [3.8, 4) is 11.5 Å². The van der Waals surface area contributed by atoms with E-state index in [1.807, 2.05) is 0 Å². The zero-order chi connectivity index (χ0) is 9.90. The molecule has 13 heavy (non-hydrogen) atoms. The van der Waals surface area contributed by atoms with E-state index in [1.165, 1.54) is 24.3 Å². The van der Waals surface area contributed by atoms with Crippen LogP contribution in [-0.2, 0) is 5.11 Å². The quantitative estimate of drug-likeness (QED) is 0.727. The Labute approximate surface area is 91.0 Å². The number of alkyl halides is 3. The molecule has 0 saturated carbocycles. The van der Waals surface area contributed by atoms with Crippen LogP contribution in [0.15, 0.2) is 24.3 Å². The van der Waals surface area contributed by atoms with Crippen molar-refractivity contribution in [3.63, 3.8) is 0 Å². The summed E-state index contributed by atoms with van der Waals surface area (Å²) in [5.74, 6) is 0.423. The average Bonchev–Trinajstić information content (AvgIpc) is 2.02. The van der Waals surface area contributed by atoms with E-state index in [-0.39, 0.29) is 12.4 Å². The van der Waals surface area contributed by atoms with Crippen LogP contribution in [0.1, 0.15) is 0 Å². The largest absolute Gasteiger partial charge is 0.489 e. The SMILES string of the molecule is [O]c1ccc(OCC(Cl)(Cl)Cl)cc1. The van der Waals surface area contributed by atoms with E-state index in [1.54, 1.807) is 0 Å². The van der Waals surface area contributed by atoms with E-state index in [4.69, 9.17) is 39.5 Å². The second kappa shape index (κ2) is 4.27. The van der Waals surface area contributed by atoms with Gasteiger partial charge in [-0.2, -0.15) is 0 Å². The second-order valence-corrected chi connectivity index (χ2v) is 4.89. The zero-order valence-corrected chi connectivity index (χ0v) is 8.73. The Morgan fingerprint density at radius 1 is 1.15 bits per heavy atom. The third-order valence-electron chi connectivity index (χ3n) is 1.23. The van der Waals surface area contributed by atoms with Gasteiger partial charge >= 0.3 is 0 Å². The molecule has 5 heteroatoms. The zero-order valence-electron chi connectivity index (χ0n) is 6.47. The Balaban J connectivity index is 2.51. The third kappa shape index (κ3) is 4.46. The molecule has 0 aliphatic rings. The summed E-state index contributed by atoms with van der Waals surface area (Å²) >= 11 is 16.4. The summed E-state index contributed by atoms with van der Waals surface area (Å²) < 4.78 is 3.66. The lowest BCUT2D eigenvalue weighted by atomic mass is 10.3. The molecule has 0 bridgehead atoms. The van der Waals surface area contributed by atoms with Gasteiger partial charge in [0.05, 0.1) is 0 Å². The summed E-state index contributed by atoms with van der Waals surface area (Å²) in [6, 6.07) is 5.82. The predicted molar refractivity (Wildman–Crippen MR) is 52.4 cm³/mol. The third-order valence-corrected chi connectivity index (χ3v) is 1.55. The van der Waals surface area contributed by atoms with Gasteiger partial charge in [0.2, 0.25) is 3.79 Å².